The molecule has 0 unspecified atom stereocenters. The summed E-state index contributed by atoms with van der Waals surface area (Å²) < 4.78 is 0. The molecule has 0 aliphatic rings. The van der Waals surface area contributed by atoms with Crippen LogP contribution in [0.1, 0.15) is 164 Å². The third-order valence-electron chi connectivity index (χ3n) is 6.13. The van der Waals surface area contributed by atoms with Gasteiger partial charge in [-0.1, -0.05) is 123 Å². The highest BCUT2D eigenvalue weighted by molar-refractivity contribution is 4.80. The highest BCUT2D eigenvalue weighted by Gasteiger charge is 2.20. The maximum absolute atomic E-state index is 4.77. The Hall–Kier alpha value is -0.400. The Morgan fingerprint density at radius 3 is 0.897 bits per heavy atom. The quantitative estimate of drug-likeness (QED) is 0.133. The molecular weight excluding hydrogens is 352 g/mol. The summed E-state index contributed by atoms with van der Waals surface area (Å²) in [7, 11) is 0. The zero-order valence-corrected chi connectivity index (χ0v) is 21.3. The smallest absolute Gasteiger partial charge is 0.0760 e. The summed E-state index contributed by atoms with van der Waals surface area (Å²) >= 11 is 0. The van der Waals surface area contributed by atoms with Gasteiger partial charge in [0.1, 0.15) is 0 Å². The summed E-state index contributed by atoms with van der Waals surface area (Å²) in [5.41, 5.74) is -0.00432. The second-order valence-corrected chi connectivity index (χ2v) is 10.6. The molecule has 0 N–H and O–H groups in total. The molecule has 0 fully saturated rings. The predicted molar refractivity (Wildman–Crippen MR) is 132 cm³/mol. The van der Waals surface area contributed by atoms with Gasteiger partial charge in [0, 0.05) is 0 Å². The van der Waals surface area contributed by atoms with Gasteiger partial charge in [0.15, 0.2) is 0 Å². The number of azo groups is 1. The maximum atomic E-state index is 4.77. The monoisotopic (exact) mass is 408 g/mol. The first-order valence-electron chi connectivity index (χ1n) is 13.3. The number of hydrogen-bond donors (Lipinski definition) is 0. The van der Waals surface area contributed by atoms with Crippen LogP contribution in [0.4, 0.5) is 0 Å². The lowest BCUT2D eigenvalue weighted by atomic mass is 9.96. The Labute approximate surface area is 185 Å². The van der Waals surface area contributed by atoms with Crippen LogP contribution in [0.2, 0.25) is 0 Å². The predicted octanol–water partition coefficient (Wildman–Crippen LogP) is 10.4. The summed E-state index contributed by atoms with van der Waals surface area (Å²) in [6.45, 7) is 13.6. The lowest BCUT2D eigenvalue weighted by Gasteiger charge is -2.23. The maximum Gasteiger partial charge on any atom is 0.0760 e. The van der Waals surface area contributed by atoms with Crippen LogP contribution < -0.4 is 0 Å². The topological polar surface area (TPSA) is 24.7 Å². The van der Waals surface area contributed by atoms with Gasteiger partial charge >= 0.3 is 0 Å². The lowest BCUT2D eigenvalue weighted by Crippen LogP contribution is -2.21. The van der Waals surface area contributed by atoms with Gasteiger partial charge in [-0.3, -0.25) is 0 Å². The van der Waals surface area contributed by atoms with Crippen molar-refractivity contribution in [3.8, 4) is 0 Å². The van der Waals surface area contributed by atoms with Gasteiger partial charge in [-0.2, -0.15) is 10.2 Å². The first-order chi connectivity index (χ1) is 13.8. The number of rotatable bonds is 21. The van der Waals surface area contributed by atoms with Crippen LogP contribution in [0.15, 0.2) is 10.2 Å². The van der Waals surface area contributed by atoms with E-state index in [1.807, 2.05) is 0 Å². The van der Waals surface area contributed by atoms with E-state index in [4.69, 9.17) is 10.2 Å². The molecule has 0 saturated heterocycles. The summed E-state index contributed by atoms with van der Waals surface area (Å²) in [5, 5.41) is 9.54. The average Bonchev–Trinajstić information content (AvgIpc) is 2.67. The fourth-order valence-corrected chi connectivity index (χ4v) is 3.93. The molecule has 0 aromatic rings. The van der Waals surface area contributed by atoms with Gasteiger partial charge in [-0.25, -0.2) is 0 Å². The number of hydrogen-bond acceptors (Lipinski definition) is 2. The average molecular weight is 409 g/mol. The fourth-order valence-electron chi connectivity index (χ4n) is 3.93. The fraction of sp³-hybridized carbons (Fsp3) is 1.00. The molecular formula is C27H56N2. The SMILES string of the molecule is CCCCCCCCCCCC(C)(C)N=NC(C)(C)CCCCCCCCCC. The molecule has 0 aliphatic carbocycles. The van der Waals surface area contributed by atoms with Crippen molar-refractivity contribution in [3.05, 3.63) is 0 Å². The number of nitrogens with zero attached hydrogens (tertiary/aromatic N) is 2. The van der Waals surface area contributed by atoms with Gasteiger partial charge in [0.2, 0.25) is 0 Å². The van der Waals surface area contributed by atoms with Crippen LogP contribution in [0.25, 0.3) is 0 Å². The second-order valence-electron chi connectivity index (χ2n) is 10.6. The zero-order chi connectivity index (χ0) is 21.8. The van der Waals surface area contributed by atoms with E-state index in [0.29, 0.717) is 0 Å². The zero-order valence-electron chi connectivity index (χ0n) is 21.3. The van der Waals surface area contributed by atoms with Gasteiger partial charge in [-0.05, 0) is 40.5 Å². The normalized spacial score (nSPS) is 12.9. The Bertz CT molecular complexity index is 371. The molecule has 0 bridgehead atoms. The van der Waals surface area contributed by atoms with Crippen molar-refractivity contribution in [2.75, 3.05) is 0 Å². The van der Waals surface area contributed by atoms with Crippen molar-refractivity contribution < 1.29 is 0 Å². The molecule has 2 nitrogen and oxygen atoms in total. The van der Waals surface area contributed by atoms with E-state index in [0.717, 1.165) is 0 Å². The minimum Gasteiger partial charge on any atom is -0.187 e. The minimum atomic E-state index is -0.00231. The molecule has 29 heavy (non-hydrogen) atoms. The molecule has 0 radical (unpaired) electrons. The van der Waals surface area contributed by atoms with E-state index in [9.17, 15) is 0 Å². The third-order valence-corrected chi connectivity index (χ3v) is 6.13. The summed E-state index contributed by atoms with van der Waals surface area (Å²) in [6, 6.07) is 0. The summed E-state index contributed by atoms with van der Waals surface area (Å²) in [5.74, 6) is 0. The molecule has 2 heteroatoms. The third kappa shape index (κ3) is 20.6. The Kier molecular flexibility index (Phi) is 18.1. The molecule has 0 atom stereocenters. The van der Waals surface area contributed by atoms with Crippen molar-refractivity contribution in [1.29, 1.82) is 0 Å². The highest BCUT2D eigenvalue weighted by atomic mass is 15.2. The molecule has 0 aromatic carbocycles. The Balaban J connectivity index is 3.81. The van der Waals surface area contributed by atoms with Crippen molar-refractivity contribution in [2.24, 2.45) is 10.2 Å². The van der Waals surface area contributed by atoms with Gasteiger partial charge in [0.05, 0.1) is 11.1 Å². The second kappa shape index (κ2) is 18.4. The lowest BCUT2D eigenvalue weighted by molar-refractivity contribution is 0.367. The van der Waals surface area contributed by atoms with Crippen molar-refractivity contribution in [2.45, 2.75) is 175 Å². The minimum absolute atomic E-state index is 0.00201. The van der Waals surface area contributed by atoms with Gasteiger partial charge in [0.25, 0.3) is 0 Å². The standard InChI is InChI=1S/C27H56N2/c1-7-9-11-13-15-17-19-21-23-25-27(5,6)29-28-26(3,4)24-22-20-18-16-14-12-10-8-2/h7-25H2,1-6H3. The van der Waals surface area contributed by atoms with E-state index in [2.05, 4.69) is 41.5 Å². The van der Waals surface area contributed by atoms with Crippen LogP contribution in [0.3, 0.4) is 0 Å². The molecule has 0 heterocycles. The van der Waals surface area contributed by atoms with Crippen LogP contribution in [0.5, 0.6) is 0 Å². The van der Waals surface area contributed by atoms with E-state index in [-0.39, 0.29) is 11.1 Å². The molecule has 0 rings (SSSR count). The molecule has 174 valence electrons. The number of unbranched alkanes of at least 4 members (excludes halogenated alkanes) is 15. The van der Waals surface area contributed by atoms with Crippen LogP contribution in [0, 0.1) is 0 Å². The summed E-state index contributed by atoms with van der Waals surface area (Å²) in [4.78, 5) is 0. The van der Waals surface area contributed by atoms with E-state index >= 15 is 0 Å². The van der Waals surface area contributed by atoms with Crippen molar-refractivity contribution in [3.63, 3.8) is 0 Å². The highest BCUT2D eigenvalue weighted by Crippen LogP contribution is 2.25. The van der Waals surface area contributed by atoms with E-state index in [1.54, 1.807) is 0 Å². The summed E-state index contributed by atoms with van der Waals surface area (Å²) in [6.07, 6.45) is 25.9. The molecule has 0 aromatic heterocycles. The van der Waals surface area contributed by atoms with E-state index in [1.165, 1.54) is 122 Å². The van der Waals surface area contributed by atoms with Crippen LogP contribution >= 0.6 is 0 Å². The van der Waals surface area contributed by atoms with Gasteiger partial charge in [-0.15, -0.1) is 0 Å². The van der Waals surface area contributed by atoms with E-state index < -0.39 is 0 Å². The largest absolute Gasteiger partial charge is 0.187 e. The molecule has 0 saturated carbocycles. The Morgan fingerprint density at radius 2 is 0.621 bits per heavy atom. The van der Waals surface area contributed by atoms with Crippen LogP contribution in [-0.4, -0.2) is 11.1 Å². The molecule has 0 spiro atoms. The first-order valence-corrected chi connectivity index (χ1v) is 13.3. The van der Waals surface area contributed by atoms with Crippen molar-refractivity contribution >= 4 is 0 Å². The molecule has 0 aliphatic heterocycles. The van der Waals surface area contributed by atoms with Crippen molar-refractivity contribution in [1.82, 2.24) is 0 Å². The van der Waals surface area contributed by atoms with Gasteiger partial charge < -0.3 is 0 Å². The Morgan fingerprint density at radius 1 is 0.379 bits per heavy atom. The van der Waals surface area contributed by atoms with Crippen LogP contribution in [-0.2, 0) is 0 Å². The first kappa shape index (κ1) is 28.6. The molecule has 0 amide bonds.